The summed E-state index contributed by atoms with van der Waals surface area (Å²) in [6.45, 7) is 6.22. The van der Waals surface area contributed by atoms with E-state index in [0.717, 1.165) is 22.7 Å². The van der Waals surface area contributed by atoms with Gasteiger partial charge in [-0.15, -0.1) is 0 Å². The van der Waals surface area contributed by atoms with Crippen molar-refractivity contribution in [3.63, 3.8) is 0 Å². The molecule has 0 unspecified atom stereocenters. The Bertz CT molecular complexity index is 1270. The summed E-state index contributed by atoms with van der Waals surface area (Å²) in [5.41, 5.74) is 4.20. The molecule has 4 aromatic rings. The van der Waals surface area contributed by atoms with E-state index >= 15 is 0 Å². The highest BCUT2D eigenvalue weighted by atomic mass is 16.3. The van der Waals surface area contributed by atoms with Crippen LogP contribution in [0.4, 0.5) is 5.69 Å². The molecule has 3 heterocycles. The van der Waals surface area contributed by atoms with Crippen LogP contribution in [0.15, 0.2) is 64.0 Å². The molecule has 1 aromatic carbocycles. The van der Waals surface area contributed by atoms with Crippen LogP contribution in [0.2, 0.25) is 0 Å². The molecule has 0 spiro atoms. The number of benzene rings is 1. The van der Waals surface area contributed by atoms with Gasteiger partial charge in [-0.1, -0.05) is 12.1 Å². The molecule has 30 heavy (non-hydrogen) atoms. The van der Waals surface area contributed by atoms with Gasteiger partial charge in [0.25, 0.3) is 11.5 Å². The summed E-state index contributed by atoms with van der Waals surface area (Å²) in [7, 11) is 0. The smallest absolute Gasteiger partial charge is 0.257 e. The van der Waals surface area contributed by atoms with Crippen LogP contribution in [0.1, 0.15) is 33.2 Å². The third-order valence-corrected chi connectivity index (χ3v) is 4.98. The van der Waals surface area contributed by atoms with Crippen LogP contribution < -0.4 is 10.9 Å². The average Bonchev–Trinajstić information content (AvgIpc) is 3.31. The Balaban J connectivity index is 1.58. The van der Waals surface area contributed by atoms with E-state index in [1.165, 1.54) is 6.07 Å². The standard InChI is InChI=1S/C23H22N4O3/c1-14-10-21(28)26-22(24-14)17-6-4-7-18(12-17)25-23(29)20-11-15(2)27(16(20)3)13-19-8-5-9-30-19/h4-12H,13H2,1-3H3,(H,25,29)(H,24,26,28). The van der Waals surface area contributed by atoms with Gasteiger partial charge in [-0.2, -0.15) is 0 Å². The molecular formula is C23H22N4O3. The normalized spacial score (nSPS) is 10.9. The number of carbonyl (C=O) groups excluding carboxylic acids is 1. The number of nitrogens with zero attached hydrogens (tertiary/aromatic N) is 2. The third kappa shape index (κ3) is 3.96. The second kappa shape index (κ2) is 7.87. The summed E-state index contributed by atoms with van der Waals surface area (Å²) in [5, 5.41) is 2.94. The highest BCUT2D eigenvalue weighted by Gasteiger charge is 2.17. The highest BCUT2D eigenvalue weighted by molar-refractivity contribution is 6.05. The lowest BCUT2D eigenvalue weighted by Gasteiger charge is -2.09. The van der Waals surface area contributed by atoms with E-state index in [2.05, 4.69) is 15.3 Å². The van der Waals surface area contributed by atoms with E-state index in [-0.39, 0.29) is 11.5 Å². The summed E-state index contributed by atoms with van der Waals surface area (Å²) < 4.78 is 7.48. The zero-order valence-corrected chi connectivity index (χ0v) is 17.0. The predicted molar refractivity (Wildman–Crippen MR) is 115 cm³/mol. The Morgan fingerprint density at radius 3 is 2.70 bits per heavy atom. The van der Waals surface area contributed by atoms with Gasteiger partial charge in [-0.25, -0.2) is 4.98 Å². The summed E-state index contributed by atoms with van der Waals surface area (Å²) in [5.74, 6) is 1.10. The number of rotatable bonds is 5. The lowest BCUT2D eigenvalue weighted by Crippen LogP contribution is -2.14. The van der Waals surface area contributed by atoms with E-state index < -0.39 is 0 Å². The fraction of sp³-hybridized carbons (Fsp3) is 0.174. The second-order valence-electron chi connectivity index (χ2n) is 7.22. The van der Waals surface area contributed by atoms with Crippen LogP contribution in [0.3, 0.4) is 0 Å². The van der Waals surface area contributed by atoms with Gasteiger partial charge < -0.3 is 19.3 Å². The van der Waals surface area contributed by atoms with Crippen LogP contribution >= 0.6 is 0 Å². The molecule has 0 saturated carbocycles. The van der Waals surface area contributed by atoms with E-state index in [1.807, 2.05) is 48.7 Å². The molecule has 3 aromatic heterocycles. The summed E-state index contributed by atoms with van der Waals surface area (Å²) in [6.07, 6.45) is 1.64. The predicted octanol–water partition coefficient (Wildman–Crippen LogP) is 4.06. The number of H-pyrrole nitrogens is 1. The van der Waals surface area contributed by atoms with Crippen molar-refractivity contribution < 1.29 is 9.21 Å². The number of carbonyl (C=O) groups is 1. The molecule has 0 aliphatic rings. The molecule has 152 valence electrons. The minimum absolute atomic E-state index is 0.198. The summed E-state index contributed by atoms with van der Waals surface area (Å²) in [6, 6.07) is 14.3. The topological polar surface area (TPSA) is 92.9 Å². The largest absolute Gasteiger partial charge is 0.467 e. The number of aryl methyl sites for hydroxylation is 2. The first kappa shape index (κ1) is 19.4. The van der Waals surface area contributed by atoms with Gasteiger partial charge in [0.2, 0.25) is 0 Å². The number of aromatic amines is 1. The van der Waals surface area contributed by atoms with Crippen molar-refractivity contribution in [2.75, 3.05) is 5.32 Å². The number of amides is 1. The molecule has 4 rings (SSSR count). The Morgan fingerprint density at radius 1 is 1.13 bits per heavy atom. The summed E-state index contributed by atoms with van der Waals surface area (Å²) >= 11 is 0. The van der Waals surface area contributed by atoms with E-state index in [0.29, 0.717) is 29.3 Å². The lowest BCUT2D eigenvalue weighted by atomic mass is 10.1. The van der Waals surface area contributed by atoms with E-state index in [1.54, 1.807) is 25.3 Å². The third-order valence-electron chi connectivity index (χ3n) is 4.98. The Kier molecular flexibility index (Phi) is 5.10. The first-order chi connectivity index (χ1) is 14.4. The zero-order chi connectivity index (χ0) is 21.3. The fourth-order valence-corrected chi connectivity index (χ4v) is 3.49. The second-order valence-corrected chi connectivity index (χ2v) is 7.22. The molecule has 0 aliphatic heterocycles. The van der Waals surface area contributed by atoms with Gasteiger partial charge >= 0.3 is 0 Å². The molecule has 0 aliphatic carbocycles. The van der Waals surface area contributed by atoms with Gasteiger partial charge in [-0.05, 0) is 51.1 Å². The Morgan fingerprint density at radius 2 is 1.97 bits per heavy atom. The highest BCUT2D eigenvalue weighted by Crippen LogP contribution is 2.22. The monoisotopic (exact) mass is 402 g/mol. The van der Waals surface area contributed by atoms with Crippen molar-refractivity contribution in [3.8, 4) is 11.4 Å². The number of aromatic nitrogens is 3. The van der Waals surface area contributed by atoms with Gasteiger partial charge in [0.05, 0.1) is 18.4 Å². The van der Waals surface area contributed by atoms with Crippen molar-refractivity contribution in [2.24, 2.45) is 0 Å². The maximum atomic E-state index is 12.9. The lowest BCUT2D eigenvalue weighted by molar-refractivity contribution is 0.102. The van der Waals surface area contributed by atoms with Crippen LogP contribution in [-0.2, 0) is 6.54 Å². The Hall–Kier alpha value is -3.87. The van der Waals surface area contributed by atoms with E-state index in [4.69, 9.17) is 4.42 Å². The van der Waals surface area contributed by atoms with E-state index in [9.17, 15) is 9.59 Å². The van der Waals surface area contributed by atoms with Crippen molar-refractivity contribution in [1.29, 1.82) is 0 Å². The maximum Gasteiger partial charge on any atom is 0.257 e. The minimum atomic E-state index is -0.212. The SMILES string of the molecule is Cc1cc(=O)[nH]c(-c2cccc(NC(=O)c3cc(C)n(Cc4ccco4)c3C)c2)n1. The molecule has 1 amide bonds. The fourth-order valence-electron chi connectivity index (χ4n) is 3.49. The molecule has 2 N–H and O–H groups in total. The zero-order valence-electron chi connectivity index (χ0n) is 17.0. The minimum Gasteiger partial charge on any atom is -0.467 e. The Labute approximate surface area is 173 Å². The molecule has 0 radical (unpaired) electrons. The van der Waals surface area contributed by atoms with Crippen molar-refractivity contribution >= 4 is 11.6 Å². The average molecular weight is 402 g/mol. The summed E-state index contributed by atoms with van der Waals surface area (Å²) in [4.78, 5) is 31.8. The van der Waals surface area contributed by atoms with Gasteiger partial charge in [0.15, 0.2) is 0 Å². The van der Waals surface area contributed by atoms with Gasteiger partial charge in [0, 0.05) is 34.4 Å². The first-order valence-electron chi connectivity index (χ1n) is 9.59. The van der Waals surface area contributed by atoms with Crippen molar-refractivity contribution in [2.45, 2.75) is 27.3 Å². The molecule has 7 heteroatoms. The number of nitrogens with one attached hydrogen (secondary N) is 2. The first-order valence-corrected chi connectivity index (χ1v) is 9.59. The van der Waals surface area contributed by atoms with Gasteiger partial charge in [-0.3, -0.25) is 9.59 Å². The molecular weight excluding hydrogens is 380 g/mol. The molecule has 0 atom stereocenters. The van der Waals surface area contributed by atoms with Crippen LogP contribution in [0, 0.1) is 20.8 Å². The van der Waals surface area contributed by atoms with Crippen LogP contribution in [0.5, 0.6) is 0 Å². The number of hydrogen-bond acceptors (Lipinski definition) is 4. The molecule has 0 saturated heterocycles. The molecule has 7 nitrogen and oxygen atoms in total. The van der Waals surface area contributed by atoms with Crippen molar-refractivity contribution in [1.82, 2.24) is 14.5 Å². The van der Waals surface area contributed by atoms with Crippen LogP contribution in [0.25, 0.3) is 11.4 Å². The number of furan rings is 1. The quantitative estimate of drug-likeness (QED) is 0.527. The molecule has 0 bridgehead atoms. The van der Waals surface area contributed by atoms with Crippen LogP contribution in [-0.4, -0.2) is 20.4 Å². The van der Waals surface area contributed by atoms with Crippen molar-refractivity contribution in [3.05, 3.63) is 93.6 Å². The van der Waals surface area contributed by atoms with Gasteiger partial charge in [0.1, 0.15) is 11.6 Å². The number of hydrogen-bond donors (Lipinski definition) is 2. The number of anilines is 1. The maximum absolute atomic E-state index is 12.9. The molecule has 0 fully saturated rings.